The van der Waals surface area contributed by atoms with E-state index in [0.29, 0.717) is 19.5 Å². The zero-order valence-electron chi connectivity index (χ0n) is 18.6. The highest BCUT2D eigenvalue weighted by molar-refractivity contribution is 5.78. The fourth-order valence-electron chi connectivity index (χ4n) is 5.74. The number of nitriles is 1. The summed E-state index contributed by atoms with van der Waals surface area (Å²) in [6.07, 6.45) is 3.42. The Balaban J connectivity index is 2.13. The van der Waals surface area contributed by atoms with Gasteiger partial charge in [-0.05, 0) is 55.8 Å². The molecule has 2 saturated carbocycles. The molecule has 0 radical (unpaired) electrons. The number of aliphatic hydroxyl groups is 1. The summed E-state index contributed by atoms with van der Waals surface area (Å²) < 4.78 is 0. The van der Waals surface area contributed by atoms with Crippen molar-refractivity contribution in [2.45, 2.75) is 71.9 Å². The zero-order valence-corrected chi connectivity index (χ0v) is 18.6. The molecule has 2 fully saturated rings. The van der Waals surface area contributed by atoms with Crippen molar-refractivity contribution in [2.75, 3.05) is 20.1 Å². The average molecular weight is 407 g/mol. The molecule has 2 aliphatic rings. The van der Waals surface area contributed by atoms with E-state index < -0.39 is 6.10 Å². The fourth-order valence-corrected chi connectivity index (χ4v) is 5.74. The van der Waals surface area contributed by atoms with E-state index in [4.69, 9.17) is 5.26 Å². The van der Waals surface area contributed by atoms with Crippen LogP contribution < -0.4 is 10.6 Å². The molecule has 3 N–H and O–H groups in total. The maximum atomic E-state index is 12.8. The molecule has 0 aromatic rings. The lowest BCUT2D eigenvalue weighted by atomic mass is 9.51. The van der Waals surface area contributed by atoms with Crippen LogP contribution in [0.2, 0.25) is 0 Å². The molecule has 7 nitrogen and oxygen atoms in total. The van der Waals surface area contributed by atoms with Crippen LogP contribution >= 0.6 is 0 Å². The van der Waals surface area contributed by atoms with E-state index in [0.717, 1.165) is 25.7 Å². The van der Waals surface area contributed by atoms with Crippen LogP contribution in [0.25, 0.3) is 0 Å². The molecule has 29 heavy (non-hydrogen) atoms. The normalized spacial score (nSPS) is 35.0. The number of fused-ring (bicyclic) bond motifs is 1. The predicted octanol–water partition coefficient (Wildman–Crippen LogP) is 2.51. The minimum absolute atomic E-state index is 0.00614. The monoisotopic (exact) mass is 406 g/mol. The van der Waals surface area contributed by atoms with E-state index in [-0.39, 0.29) is 47.1 Å². The van der Waals surface area contributed by atoms with Gasteiger partial charge in [0.15, 0.2) is 0 Å². The van der Waals surface area contributed by atoms with Crippen molar-refractivity contribution in [3.8, 4) is 6.07 Å². The van der Waals surface area contributed by atoms with Crippen molar-refractivity contribution in [3.05, 3.63) is 0 Å². The van der Waals surface area contributed by atoms with Gasteiger partial charge < -0.3 is 20.6 Å². The fraction of sp³-hybridized carbons (Fsp3) is 0.864. The summed E-state index contributed by atoms with van der Waals surface area (Å²) in [6, 6.07) is 1.95. The van der Waals surface area contributed by atoms with Gasteiger partial charge in [0, 0.05) is 32.1 Å². The number of aliphatic hydroxyl groups excluding tert-OH is 1. The Morgan fingerprint density at radius 2 is 2.00 bits per heavy atom. The van der Waals surface area contributed by atoms with Crippen molar-refractivity contribution < 1.29 is 14.7 Å². The van der Waals surface area contributed by atoms with Crippen molar-refractivity contribution in [1.82, 2.24) is 15.5 Å². The maximum absolute atomic E-state index is 12.8. The Morgan fingerprint density at radius 3 is 2.62 bits per heavy atom. The third-order valence-electron chi connectivity index (χ3n) is 7.51. The standard InChI is InChI=1S/C22H38N4O3/c1-6-24-21(29)25-17-9-11-22(4)10-8-16(19(27)18(22)15(17)3)14(2)20(28)26(5)13-7-12-23/h14-19,27H,6-11,13H2,1-5H3,(H2,24,25,29)/t14-,15+,16-,17-,18+,19-,22-/m0/s1. The van der Waals surface area contributed by atoms with Gasteiger partial charge in [0.05, 0.1) is 18.6 Å². The van der Waals surface area contributed by atoms with Crippen LogP contribution in [0, 0.1) is 40.4 Å². The van der Waals surface area contributed by atoms with E-state index in [1.54, 1.807) is 11.9 Å². The van der Waals surface area contributed by atoms with Crippen molar-refractivity contribution in [3.63, 3.8) is 0 Å². The van der Waals surface area contributed by atoms with E-state index >= 15 is 0 Å². The molecule has 0 aliphatic heterocycles. The van der Waals surface area contributed by atoms with Crippen LogP contribution in [0.5, 0.6) is 0 Å². The minimum atomic E-state index is -0.578. The van der Waals surface area contributed by atoms with Gasteiger partial charge in [-0.15, -0.1) is 0 Å². The predicted molar refractivity (Wildman–Crippen MR) is 112 cm³/mol. The van der Waals surface area contributed by atoms with Crippen LogP contribution in [0.4, 0.5) is 4.79 Å². The summed E-state index contributed by atoms with van der Waals surface area (Å²) >= 11 is 0. The third-order valence-corrected chi connectivity index (χ3v) is 7.51. The molecule has 0 saturated heterocycles. The summed E-state index contributed by atoms with van der Waals surface area (Å²) in [7, 11) is 1.73. The summed E-state index contributed by atoms with van der Waals surface area (Å²) in [6.45, 7) is 9.16. The molecule has 0 aromatic carbocycles. The Hall–Kier alpha value is -1.81. The molecule has 7 heteroatoms. The second-order valence-electron chi connectivity index (χ2n) is 9.34. The van der Waals surface area contributed by atoms with Crippen LogP contribution in [-0.4, -0.2) is 54.2 Å². The molecular formula is C22H38N4O3. The molecule has 0 aromatic heterocycles. The number of carbonyl (C=O) groups is 2. The highest BCUT2D eigenvalue weighted by Crippen LogP contribution is 2.55. The highest BCUT2D eigenvalue weighted by atomic mass is 16.3. The Kier molecular flexibility index (Phi) is 7.93. The van der Waals surface area contributed by atoms with Gasteiger partial charge in [-0.2, -0.15) is 5.26 Å². The van der Waals surface area contributed by atoms with Crippen molar-refractivity contribution in [2.24, 2.45) is 29.1 Å². The number of amides is 3. The summed E-state index contributed by atoms with van der Waals surface area (Å²) in [5, 5.41) is 26.0. The summed E-state index contributed by atoms with van der Waals surface area (Å²) in [5.41, 5.74) is 0.0320. The molecule has 0 bridgehead atoms. The quantitative estimate of drug-likeness (QED) is 0.630. The largest absolute Gasteiger partial charge is 0.392 e. The van der Waals surface area contributed by atoms with Gasteiger partial charge in [-0.1, -0.05) is 20.8 Å². The van der Waals surface area contributed by atoms with Gasteiger partial charge in [-0.25, -0.2) is 4.79 Å². The van der Waals surface area contributed by atoms with Gasteiger partial charge in [-0.3, -0.25) is 4.79 Å². The Bertz CT molecular complexity index is 634. The van der Waals surface area contributed by atoms with Crippen molar-refractivity contribution in [1.29, 1.82) is 5.26 Å². The first-order valence-electron chi connectivity index (χ1n) is 11.0. The van der Waals surface area contributed by atoms with Crippen LogP contribution in [0.15, 0.2) is 0 Å². The lowest BCUT2D eigenvalue weighted by molar-refractivity contribution is -0.149. The first-order chi connectivity index (χ1) is 13.7. The van der Waals surface area contributed by atoms with Gasteiger partial charge >= 0.3 is 6.03 Å². The van der Waals surface area contributed by atoms with E-state index in [1.807, 2.05) is 13.8 Å². The number of carbonyl (C=O) groups excluding carboxylic acids is 2. The van der Waals surface area contributed by atoms with E-state index in [2.05, 4.69) is 30.6 Å². The minimum Gasteiger partial charge on any atom is -0.392 e. The first kappa shape index (κ1) is 23.5. The molecule has 3 amide bonds. The topological polar surface area (TPSA) is 105 Å². The lowest BCUT2D eigenvalue weighted by Crippen LogP contribution is -2.59. The molecule has 2 aliphatic carbocycles. The molecule has 0 unspecified atom stereocenters. The van der Waals surface area contributed by atoms with Crippen LogP contribution in [-0.2, 0) is 4.79 Å². The van der Waals surface area contributed by atoms with E-state index in [1.165, 1.54) is 0 Å². The van der Waals surface area contributed by atoms with Gasteiger partial charge in [0.25, 0.3) is 0 Å². The first-order valence-corrected chi connectivity index (χ1v) is 11.0. The molecule has 0 spiro atoms. The third kappa shape index (κ3) is 5.03. The SMILES string of the molecule is CCNC(=O)N[C@H]1CC[C@]2(C)CC[C@@H]([C@H](C)C(=O)N(C)CCC#N)[C@H](O)[C@H]2[C@@H]1C. The van der Waals surface area contributed by atoms with Crippen molar-refractivity contribution >= 4 is 11.9 Å². The summed E-state index contributed by atoms with van der Waals surface area (Å²) in [5.74, 6) is -0.222. The molecule has 7 atom stereocenters. The lowest BCUT2D eigenvalue weighted by Gasteiger charge is -2.56. The molecule has 2 rings (SSSR count). The van der Waals surface area contributed by atoms with Crippen LogP contribution in [0.1, 0.15) is 59.8 Å². The Morgan fingerprint density at radius 1 is 1.34 bits per heavy atom. The number of urea groups is 1. The average Bonchev–Trinajstić information content (AvgIpc) is 2.67. The second-order valence-corrected chi connectivity index (χ2v) is 9.34. The molecule has 164 valence electrons. The summed E-state index contributed by atoms with van der Waals surface area (Å²) in [4.78, 5) is 26.5. The number of hydrogen-bond acceptors (Lipinski definition) is 4. The maximum Gasteiger partial charge on any atom is 0.315 e. The zero-order chi connectivity index (χ0) is 21.8. The molecule has 0 heterocycles. The highest BCUT2D eigenvalue weighted by Gasteiger charge is 2.54. The van der Waals surface area contributed by atoms with E-state index in [9.17, 15) is 14.7 Å². The number of nitrogens with zero attached hydrogens (tertiary/aromatic N) is 2. The van der Waals surface area contributed by atoms with Crippen LogP contribution in [0.3, 0.4) is 0 Å². The Labute approximate surface area is 175 Å². The van der Waals surface area contributed by atoms with Gasteiger partial charge in [0.1, 0.15) is 0 Å². The molecular weight excluding hydrogens is 368 g/mol. The number of nitrogens with one attached hydrogen (secondary N) is 2. The number of hydrogen-bond donors (Lipinski definition) is 3. The number of rotatable bonds is 6. The second kappa shape index (κ2) is 9.80. The van der Waals surface area contributed by atoms with Gasteiger partial charge in [0.2, 0.25) is 5.91 Å². The smallest absolute Gasteiger partial charge is 0.315 e.